The number of para-hydroxylation sites is 1. The highest BCUT2D eigenvalue weighted by molar-refractivity contribution is 6.28. The lowest BCUT2D eigenvalue weighted by atomic mass is 9.94. The van der Waals surface area contributed by atoms with Crippen molar-refractivity contribution in [3.05, 3.63) is 218 Å². The first-order chi connectivity index (χ1) is 31.2. The Morgan fingerprint density at radius 2 is 0.698 bits per heavy atom. The van der Waals surface area contributed by atoms with Gasteiger partial charge in [-0.2, -0.15) is 0 Å². The van der Waals surface area contributed by atoms with Gasteiger partial charge >= 0.3 is 0 Å². The second-order valence-corrected chi connectivity index (χ2v) is 15.8. The summed E-state index contributed by atoms with van der Waals surface area (Å²) in [4.78, 5) is 19.8. The molecule has 0 radical (unpaired) electrons. The molecule has 0 atom stereocenters. The second kappa shape index (κ2) is 15.2. The average molecular weight is 805 g/mol. The average Bonchev–Trinajstić information content (AvgIpc) is 3.75. The number of benzene rings is 9. The zero-order valence-corrected chi connectivity index (χ0v) is 34.0. The van der Waals surface area contributed by atoms with Crippen molar-refractivity contribution >= 4 is 43.6 Å². The summed E-state index contributed by atoms with van der Waals surface area (Å²) in [5.74, 6) is 1.94. The molecule has 0 unspecified atom stereocenters. The molecule has 5 nitrogen and oxygen atoms in total. The van der Waals surface area contributed by atoms with Gasteiger partial charge in [-0.25, -0.2) is 19.9 Å². The van der Waals surface area contributed by atoms with E-state index in [1.54, 1.807) is 0 Å². The molecule has 0 saturated carbocycles. The van der Waals surface area contributed by atoms with Crippen LogP contribution in [0.5, 0.6) is 0 Å². The van der Waals surface area contributed by atoms with Gasteiger partial charge in [0.2, 0.25) is 0 Å². The van der Waals surface area contributed by atoms with Crippen molar-refractivity contribution in [2.45, 2.75) is 0 Å². The highest BCUT2D eigenvalue weighted by Crippen LogP contribution is 2.42. The van der Waals surface area contributed by atoms with Gasteiger partial charge < -0.3 is 4.42 Å². The third-order valence-electron chi connectivity index (χ3n) is 11.9. The van der Waals surface area contributed by atoms with Crippen LogP contribution in [-0.4, -0.2) is 19.9 Å². The molecule has 0 bridgehead atoms. The van der Waals surface area contributed by atoms with Crippen molar-refractivity contribution in [3.63, 3.8) is 0 Å². The molecular formula is C58H36N4O. The molecule has 12 rings (SSSR count). The fraction of sp³-hybridized carbons (Fsp3) is 0. The highest BCUT2D eigenvalue weighted by Gasteiger charge is 2.18. The Morgan fingerprint density at radius 1 is 0.254 bits per heavy atom. The predicted molar refractivity (Wildman–Crippen MR) is 258 cm³/mol. The zero-order chi connectivity index (χ0) is 41.7. The molecule has 0 aliphatic carbocycles. The third-order valence-corrected chi connectivity index (χ3v) is 11.9. The van der Waals surface area contributed by atoms with Gasteiger partial charge in [-0.05, 0) is 69.8 Å². The van der Waals surface area contributed by atoms with Crippen molar-refractivity contribution in [1.82, 2.24) is 19.9 Å². The van der Waals surface area contributed by atoms with E-state index in [9.17, 15) is 0 Å². The van der Waals surface area contributed by atoms with Crippen LogP contribution in [0.25, 0.3) is 122 Å². The lowest BCUT2D eigenvalue weighted by Gasteiger charge is -2.11. The molecule has 3 aromatic heterocycles. The first-order valence-corrected chi connectivity index (χ1v) is 21.1. The summed E-state index contributed by atoms with van der Waals surface area (Å²) < 4.78 is 6.53. The van der Waals surface area contributed by atoms with Crippen LogP contribution in [0.2, 0.25) is 0 Å². The van der Waals surface area contributed by atoms with E-state index in [0.717, 1.165) is 105 Å². The number of nitrogens with zero attached hydrogens (tertiary/aromatic N) is 4. The molecule has 294 valence electrons. The Morgan fingerprint density at radius 3 is 1.32 bits per heavy atom. The SMILES string of the molecule is c1ccc(-c2nc(-c3ccccc3)nc(-c3ccc(-c4ccc(-c5cccc(-c6ccc7oc8ccc9c(-c%10ccccc%10)nc%10ccccc%10c9c8c7c6)c5)cc4)cc3)n2)cc1. The van der Waals surface area contributed by atoms with Gasteiger partial charge in [0.15, 0.2) is 17.5 Å². The Hall–Kier alpha value is -8.54. The van der Waals surface area contributed by atoms with Crippen molar-refractivity contribution in [3.8, 4) is 78.8 Å². The fourth-order valence-electron chi connectivity index (χ4n) is 8.79. The topological polar surface area (TPSA) is 64.7 Å². The van der Waals surface area contributed by atoms with Crippen LogP contribution < -0.4 is 0 Å². The van der Waals surface area contributed by atoms with Crippen molar-refractivity contribution in [1.29, 1.82) is 0 Å². The number of pyridine rings is 1. The number of hydrogen-bond acceptors (Lipinski definition) is 5. The van der Waals surface area contributed by atoms with Gasteiger partial charge in [0, 0.05) is 49.2 Å². The maximum Gasteiger partial charge on any atom is 0.164 e. The van der Waals surface area contributed by atoms with Crippen molar-refractivity contribution < 1.29 is 4.42 Å². The van der Waals surface area contributed by atoms with E-state index in [1.807, 2.05) is 66.7 Å². The molecule has 0 fully saturated rings. The van der Waals surface area contributed by atoms with E-state index < -0.39 is 0 Å². The lowest BCUT2D eigenvalue weighted by molar-refractivity contribution is 0.669. The summed E-state index contributed by atoms with van der Waals surface area (Å²) in [7, 11) is 0. The van der Waals surface area contributed by atoms with E-state index in [0.29, 0.717) is 17.5 Å². The van der Waals surface area contributed by atoms with Gasteiger partial charge in [-0.3, -0.25) is 0 Å². The summed E-state index contributed by atoms with van der Waals surface area (Å²) >= 11 is 0. The summed E-state index contributed by atoms with van der Waals surface area (Å²) in [6.07, 6.45) is 0. The summed E-state index contributed by atoms with van der Waals surface area (Å²) in [5, 5.41) is 5.59. The van der Waals surface area contributed by atoms with Gasteiger partial charge in [-0.1, -0.05) is 182 Å². The van der Waals surface area contributed by atoms with E-state index in [2.05, 4.69) is 152 Å². The predicted octanol–water partition coefficient (Wildman–Crippen LogP) is 15.1. The first-order valence-electron chi connectivity index (χ1n) is 21.1. The first kappa shape index (κ1) is 36.3. The standard InChI is InChI=1S/C58H36N4O/c1-4-13-40(14-5-1)55-48-32-34-52-54(53(48)47-21-10-11-22-50(47)59-55)49-36-46(31-33-51(49)63-52)45-20-12-19-44(35-45)39-25-23-37(24-26-39)38-27-29-43(30-28-38)58-61-56(41-15-6-2-7-16-41)60-57(62-58)42-17-8-3-9-18-42/h1-36H. The quantitative estimate of drug-likeness (QED) is 0.150. The fourth-order valence-corrected chi connectivity index (χ4v) is 8.79. The van der Waals surface area contributed by atoms with Crippen molar-refractivity contribution in [2.24, 2.45) is 0 Å². The van der Waals surface area contributed by atoms with E-state index in [1.165, 1.54) is 0 Å². The lowest BCUT2D eigenvalue weighted by Crippen LogP contribution is -2.00. The molecule has 0 N–H and O–H groups in total. The third kappa shape index (κ3) is 6.60. The molecule has 0 amide bonds. The van der Waals surface area contributed by atoms with Gasteiger partial charge in [0.05, 0.1) is 11.2 Å². The van der Waals surface area contributed by atoms with Crippen LogP contribution >= 0.6 is 0 Å². The molecule has 5 heteroatoms. The minimum atomic E-state index is 0.640. The van der Waals surface area contributed by atoms with Crippen molar-refractivity contribution in [2.75, 3.05) is 0 Å². The van der Waals surface area contributed by atoms with Crippen LogP contribution in [0.15, 0.2) is 223 Å². The Bertz CT molecular complexity index is 3580. The molecule has 0 aliphatic rings. The molecule has 63 heavy (non-hydrogen) atoms. The van der Waals surface area contributed by atoms with Crippen LogP contribution in [0.3, 0.4) is 0 Å². The minimum Gasteiger partial charge on any atom is -0.456 e. The Labute approximate surface area is 363 Å². The molecule has 12 aromatic rings. The van der Waals surface area contributed by atoms with Gasteiger partial charge in [-0.15, -0.1) is 0 Å². The van der Waals surface area contributed by atoms with Crippen LogP contribution in [-0.2, 0) is 0 Å². The summed E-state index contributed by atoms with van der Waals surface area (Å²) in [6.45, 7) is 0. The maximum absolute atomic E-state index is 6.53. The largest absolute Gasteiger partial charge is 0.456 e. The number of hydrogen-bond donors (Lipinski definition) is 0. The maximum atomic E-state index is 6.53. The highest BCUT2D eigenvalue weighted by atomic mass is 16.3. The Kier molecular flexibility index (Phi) is 8.75. The van der Waals surface area contributed by atoms with E-state index >= 15 is 0 Å². The smallest absolute Gasteiger partial charge is 0.164 e. The minimum absolute atomic E-state index is 0.640. The Balaban J connectivity index is 0.867. The number of furan rings is 1. The van der Waals surface area contributed by atoms with Crippen LogP contribution in [0, 0.1) is 0 Å². The summed E-state index contributed by atoms with van der Waals surface area (Å²) in [6, 6.07) is 75.8. The molecule has 3 heterocycles. The molecular weight excluding hydrogens is 769 g/mol. The second-order valence-electron chi connectivity index (χ2n) is 15.8. The number of rotatable bonds is 7. The van der Waals surface area contributed by atoms with Gasteiger partial charge in [0.1, 0.15) is 11.2 Å². The number of aromatic nitrogens is 4. The van der Waals surface area contributed by atoms with Gasteiger partial charge in [0.25, 0.3) is 0 Å². The van der Waals surface area contributed by atoms with Crippen LogP contribution in [0.4, 0.5) is 0 Å². The van der Waals surface area contributed by atoms with E-state index in [-0.39, 0.29) is 0 Å². The zero-order valence-electron chi connectivity index (χ0n) is 34.0. The monoisotopic (exact) mass is 804 g/mol. The van der Waals surface area contributed by atoms with Crippen LogP contribution in [0.1, 0.15) is 0 Å². The molecule has 9 aromatic carbocycles. The van der Waals surface area contributed by atoms with E-state index in [4.69, 9.17) is 24.4 Å². The number of fused-ring (bicyclic) bond motifs is 7. The molecule has 0 saturated heterocycles. The normalized spacial score (nSPS) is 11.5. The summed E-state index contributed by atoms with van der Waals surface area (Å²) in [5.41, 5.74) is 14.4. The molecule has 0 aliphatic heterocycles. The molecule has 0 spiro atoms.